The van der Waals surface area contributed by atoms with Gasteiger partial charge in [0.1, 0.15) is 16.9 Å². The Labute approximate surface area is 189 Å². The van der Waals surface area contributed by atoms with Crippen LogP contribution in [0.25, 0.3) is 33.3 Å². The second kappa shape index (κ2) is 7.77. The predicted octanol–water partition coefficient (Wildman–Crippen LogP) is 5.52. The lowest BCUT2D eigenvalue weighted by Gasteiger charge is -2.13. The van der Waals surface area contributed by atoms with Gasteiger partial charge in [-0.1, -0.05) is 18.5 Å². The molecule has 12 heteroatoms. The van der Waals surface area contributed by atoms with E-state index in [0.717, 1.165) is 6.92 Å². The van der Waals surface area contributed by atoms with Gasteiger partial charge in [0.2, 0.25) is 5.91 Å². The Kier molecular flexibility index (Phi) is 5.44. The van der Waals surface area contributed by atoms with Gasteiger partial charge in [-0.3, -0.25) is 14.3 Å². The van der Waals surface area contributed by atoms with Crippen LogP contribution < -0.4 is 0 Å². The highest BCUT2D eigenvalue weighted by Crippen LogP contribution is 2.38. The number of hydrogen-bond donors (Lipinski definition) is 0. The number of pyridine rings is 2. The Balaban J connectivity index is 2.18. The highest BCUT2D eigenvalue weighted by molar-refractivity contribution is 7.91. The Morgan fingerprint density at radius 1 is 1.18 bits per heavy atom. The molecule has 3 heterocycles. The topological polar surface area (TPSA) is 81.9 Å². The van der Waals surface area contributed by atoms with E-state index in [1.807, 2.05) is 0 Å². The number of nitrogens with zero attached hydrogens (tertiary/aromatic N) is 3. The molecule has 0 aliphatic rings. The Morgan fingerprint density at radius 2 is 1.88 bits per heavy atom. The van der Waals surface area contributed by atoms with E-state index in [1.165, 1.54) is 31.2 Å². The largest absolute Gasteiger partial charge is 0.417 e. The number of sulfone groups is 1. The maximum Gasteiger partial charge on any atom is 0.417 e. The maximum absolute atomic E-state index is 15.5. The molecular weight excluding hydrogens is 486 g/mol. The van der Waals surface area contributed by atoms with Crippen molar-refractivity contribution < 1.29 is 30.8 Å². The van der Waals surface area contributed by atoms with Crippen molar-refractivity contribution in [1.29, 1.82) is 0 Å². The summed E-state index contributed by atoms with van der Waals surface area (Å²) in [5, 5.41) is 0.659. The van der Waals surface area contributed by atoms with Crippen LogP contribution in [0.15, 0.2) is 41.4 Å². The minimum Gasteiger partial charge on any atom is -0.274 e. The summed E-state index contributed by atoms with van der Waals surface area (Å²) in [5.41, 5.74) is -2.93. The van der Waals surface area contributed by atoms with Gasteiger partial charge in [-0.2, -0.15) is 13.2 Å². The number of fused-ring (bicyclic) bond motifs is 2. The zero-order chi connectivity index (χ0) is 24.3. The fraction of sp³-hybridized carbons (Fsp3) is 0.190. The van der Waals surface area contributed by atoms with Crippen molar-refractivity contribution in [3.63, 3.8) is 0 Å². The van der Waals surface area contributed by atoms with Crippen LogP contribution in [-0.2, 0) is 16.0 Å². The molecule has 0 fully saturated rings. The summed E-state index contributed by atoms with van der Waals surface area (Å²) in [6.45, 7) is 2.38. The summed E-state index contributed by atoms with van der Waals surface area (Å²) in [7, 11) is -4.01. The minimum absolute atomic E-state index is 0.244. The molecule has 4 aromatic rings. The van der Waals surface area contributed by atoms with Gasteiger partial charge in [0.25, 0.3) is 0 Å². The third kappa shape index (κ3) is 3.84. The van der Waals surface area contributed by atoms with E-state index in [4.69, 9.17) is 11.6 Å². The van der Waals surface area contributed by atoms with Gasteiger partial charge in [-0.25, -0.2) is 17.8 Å². The normalized spacial score (nSPS) is 12.6. The Hall–Kier alpha value is -3.05. The first-order valence-electron chi connectivity index (χ1n) is 9.46. The number of aromatic nitrogens is 3. The number of alkyl halides is 3. The van der Waals surface area contributed by atoms with Crippen molar-refractivity contribution in [2.75, 3.05) is 5.75 Å². The van der Waals surface area contributed by atoms with Crippen LogP contribution >= 0.6 is 11.6 Å². The van der Waals surface area contributed by atoms with E-state index in [2.05, 4.69) is 9.97 Å². The van der Waals surface area contributed by atoms with Gasteiger partial charge in [-0.15, -0.1) is 0 Å². The second-order valence-corrected chi connectivity index (χ2v) is 9.87. The molecule has 0 bridgehead atoms. The molecule has 0 saturated heterocycles. The van der Waals surface area contributed by atoms with Gasteiger partial charge in [0, 0.05) is 23.5 Å². The zero-order valence-electron chi connectivity index (χ0n) is 17.0. The van der Waals surface area contributed by atoms with Crippen LogP contribution in [0.1, 0.15) is 24.2 Å². The van der Waals surface area contributed by atoms with Crippen LogP contribution in [-0.4, -0.2) is 34.6 Å². The van der Waals surface area contributed by atoms with Gasteiger partial charge in [-0.05, 0) is 30.3 Å². The van der Waals surface area contributed by atoms with Gasteiger partial charge in [0.15, 0.2) is 15.7 Å². The molecule has 6 nitrogen and oxygen atoms in total. The molecule has 33 heavy (non-hydrogen) atoms. The summed E-state index contributed by atoms with van der Waals surface area (Å²) in [6, 6.07) is 6.27. The third-order valence-corrected chi connectivity index (χ3v) is 7.05. The molecule has 0 saturated carbocycles. The Bertz CT molecular complexity index is 1560. The highest BCUT2D eigenvalue weighted by atomic mass is 35.5. The fourth-order valence-corrected chi connectivity index (χ4v) is 4.74. The van der Waals surface area contributed by atoms with Crippen LogP contribution in [0.4, 0.5) is 17.6 Å². The molecule has 0 N–H and O–H groups in total. The molecule has 0 radical (unpaired) electrons. The van der Waals surface area contributed by atoms with E-state index in [-0.39, 0.29) is 16.2 Å². The van der Waals surface area contributed by atoms with Crippen molar-refractivity contribution in [2.24, 2.45) is 0 Å². The van der Waals surface area contributed by atoms with Crippen molar-refractivity contribution in [1.82, 2.24) is 14.5 Å². The monoisotopic (exact) mass is 499 g/mol. The van der Waals surface area contributed by atoms with Crippen molar-refractivity contribution in [3.8, 4) is 11.4 Å². The summed E-state index contributed by atoms with van der Waals surface area (Å²) in [4.78, 5) is 19.9. The first-order valence-corrected chi connectivity index (χ1v) is 11.5. The quantitative estimate of drug-likeness (QED) is 0.347. The molecular formula is C21H14ClF4N3O3S. The molecule has 4 rings (SSSR count). The summed E-state index contributed by atoms with van der Waals surface area (Å²) >= 11 is 5.99. The lowest BCUT2D eigenvalue weighted by molar-refractivity contribution is -0.137. The fourth-order valence-electron chi connectivity index (χ4n) is 3.51. The summed E-state index contributed by atoms with van der Waals surface area (Å²) in [6.07, 6.45) is -4.35. The van der Waals surface area contributed by atoms with Gasteiger partial charge < -0.3 is 0 Å². The molecule has 0 amide bonds. The summed E-state index contributed by atoms with van der Waals surface area (Å²) in [5.74, 6) is -2.38. The van der Waals surface area contributed by atoms with Gasteiger partial charge in [0.05, 0.1) is 27.2 Å². The third-order valence-electron chi connectivity index (χ3n) is 5.07. The highest BCUT2D eigenvalue weighted by Gasteiger charge is 2.34. The van der Waals surface area contributed by atoms with Crippen molar-refractivity contribution in [3.05, 3.63) is 52.9 Å². The molecule has 0 spiro atoms. The SMILES string of the molecule is CCS(=O)(=O)c1cc2cc(Cl)ccc2nc1-c1c(F)c2ncc(C(F)(F)F)cc2n1C(C)=O. The van der Waals surface area contributed by atoms with Crippen LogP contribution in [0.3, 0.4) is 0 Å². The average molecular weight is 500 g/mol. The van der Waals surface area contributed by atoms with E-state index in [0.29, 0.717) is 27.2 Å². The number of benzene rings is 1. The summed E-state index contributed by atoms with van der Waals surface area (Å²) < 4.78 is 81.6. The van der Waals surface area contributed by atoms with E-state index in [9.17, 15) is 26.4 Å². The zero-order valence-corrected chi connectivity index (χ0v) is 18.6. The Morgan fingerprint density at radius 3 is 2.48 bits per heavy atom. The number of rotatable bonds is 3. The lowest BCUT2D eigenvalue weighted by atomic mass is 10.1. The standard InChI is InChI=1S/C21H14ClF4N3O3S/c1-3-33(31,32)16-7-11-6-13(22)4-5-14(11)28-19(16)20-17(23)18-15(29(20)10(2)30)8-12(9-27-18)21(24,25)26/h4-9H,3H2,1-2H3. The molecule has 0 atom stereocenters. The predicted molar refractivity (Wildman–Crippen MR) is 114 cm³/mol. The number of halogens is 5. The van der Waals surface area contributed by atoms with Crippen molar-refractivity contribution in [2.45, 2.75) is 24.9 Å². The van der Waals surface area contributed by atoms with E-state index < -0.39 is 55.7 Å². The first-order chi connectivity index (χ1) is 15.3. The second-order valence-electron chi connectivity index (χ2n) is 7.18. The molecule has 3 aromatic heterocycles. The van der Waals surface area contributed by atoms with E-state index in [1.54, 1.807) is 0 Å². The molecule has 0 aliphatic heterocycles. The minimum atomic E-state index is -4.79. The first kappa shape index (κ1) is 23.1. The average Bonchev–Trinajstić information content (AvgIpc) is 3.04. The number of hydrogen-bond acceptors (Lipinski definition) is 5. The number of carbonyl (C=O) groups excluding carboxylic acids is 1. The van der Waals surface area contributed by atoms with Crippen molar-refractivity contribution >= 4 is 49.3 Å². The molecule has 172 valence electrons. The maximum atomic E-state index is 15.5. The van der Waals surface area contributed by atoms with Gasteiger partial charge >= 0.3 is 6.18 Å². The number of carbonyl (C=O) groups is 1. The lowest BCUT2D eigenvalue weighted by Crippen LogP contribution is -2.13. The van der Waals surface area contributed by atoms with Crippen LogP contribution in [0.5, 0.6) is 0 Å². The smallest absolute Gasteiger partial charge is 0.274 e. The molecule has 0 aliphatic carbocycles. The van der Waals surface area contributed by atoms with Crippen LogP contribution in [0.2, 0.25) is 5.02 Å². The van der Waals surface area contributed by atoms with E-state index >= 15 is 4.39 Å². The molecule has 0 unspecified atom stereocenters. The van der Waals surface area contributed by atoms with Crippen LogP contribution in [0, 0.1) is 5.82 Å². The molecule has 1 aromatic carbocycles.